The van der Waals surface area contributed by atoms with Crippen LogP contribution in [0, 0.1) is 12.8 Å². The number of piperazine rings is 1. The molecule has 29 heavy (non-hydrogen) atoms. The van der Waals surface area contributed by atoms with Gasteiger partial charge in [-0.05, 0) is 37.9 Å². The lowest BCUT2D eigenvalue weighted by Crippen LogP contribution is -2.47. The molecule has 1 fully saturated rings. The summed E-state index contributed by atoms with van der Waals surface area (Å²) >= 11 is 0. The highest BCUT2D eigenvalue weighted by molar-refractivity contribution is 14.0. The van der Waals surface area contributed by atoms with Crippen LogP contribution in [-0.2, 0) is 6.54 Å². The SMILES string of the molecule is CCCOc1cc(C)ccc1CNC(=NC)NCC(C)CN1CCN(C)CC1.I. The first-order valence-corrected chi connectivity index (χ1v) is 10.6. The predicted molar refractivity (Wildman–Crippen MR) is 134 cm³/mol. The largest absolute Gasteiger partial charge is 0.493 e. The third-order valence-electron chi connectivity index (χ3n) is 5.14. The number of aryl methyl sites for hydroxylation is 1. The van der Waals surface area contributed by atoms with E-state index in [1.165, 1.54) is 31.7 Å². The summed E-state index contributed by atoms with van der Waals surface area (Å²) in [6, 6.07) is 6.38. The Balaban J connectivity index is 0.00000420. The number of aliphatic imine (C=N–C) groups is 1. The minimum absolute atomic E-state index is 0. The summed E-state index contributed by atoms with van der Waals surface area (Å²) in [4.78, 5) is 9.33. The van der Waals surface area contributed by atoms with Crippen molar-refractivity contribution in [2.24, 2.45) is 10.9 Å². The van der Waals surface area contributed by atoms with E-state index in [9.17, 15) is 0 Å². The standard InChI is InChI=1S/C22H39N5O.HI/c1-6-13-28-21-14-18(2)7-8-20(21)16-25-22(23-4)24-15-19(3)17-27-11-9-26(5)10-12-27;/h7-8,14,19H,6,9-13,15-17H2,1-5H3,(H2,23,24,25);1H. The van der Waals surface area contributed by atoms with Crippen LogP contribution >= 0.6 is 24.0 Å². The third-order valence-corrected chi connectivity index (χ3v) is 5.14. The molecule has 0 radical (unpaired) electrons. The molecular formula is C22H40IN5O. The van der Waals surface area contributed by atoms with Gasteiger partial charge in [0.1, 0.15) is 5.75 Å². The lowest BCUT2D eigenvalue weighted by molar-refractivity contribution is 0.139. The molecule has 1 heterocycles. The molecule has 2 N–H and O–H groups in total. The highest BCUT2D eigenvalue weighted by atomic mass is 127. The normalized spacial score (nSPS) is 16.8. The molecule has 0 amide bonds. The van der Waals surface area contributed by atoms with Crippen molar-refractivity contribution in [3.05, 3.63) is 29.3 Å². The van der Waals surface area contributed by atoms with Crippen LogP contribution in [-0.4, -0.2) is 75.7 Å². The second kappa shape index (κ2) is 14.0. The van der Waals surface area contributed by atoms with E-state index >= 15 is 0 Å². The average molecular weight is 518 g/mol. The van der Waals surface area contributed by atoms with Gasteiger partial charge in [-0.3, -0.25) is 4.99 Å². The summed E-state index contributed by atoms with van der Waals surface area (Å²) in [5, 5.41) is 6.90. The number of hydrogen-bond acceptors (Lipinski definition) is 4. The van der Waals surface area contributed by atoms with Crippen LogP contribution in [0.2, 0.25) is 0 Å². The Hall–Kier alpha value is -1.06. The van der Waals surface area contributed by atoms with E-state index < -0.39 is 0 Å². The van der Waals surface area contributed by atoms with Crippen molar-refractivity contribution in [3.8, 4) is 5.75 Å². The Bertz CT molecular complexity index is 617. The second-order valence-corrected chi connectivity index (χ2v) is 7.98. The van der Waals surface area contributed by atoms with Crippen molar-refractivity contribution in [2.45, 2.75) is 33.7 Å². The molecule has 7 heteroatoms. The summed E-state index contributed by atoms with van der Waals surface area (Å²) in [7, 11) is 4.02. The van der Waals surface area contributed by atoms with Gasteiger partial charge >= 0.3 is 0 Å². The van der Waals surface area contributed by atoms with Gasteiger partial charge in [-0.15, -0.1) is 24.0 Å². The highest BCUT2D eigenvalue weighted by Crippen LogP contribution is 2.20. The summed E-state index contributed by atoms with van der Waals surface area (Å²) in [5.74, 6) is 2.38. The molecule has 1 aliphatic rings. The molecule has 1 saturated heterocycles. The fourth-order valence-corrected chi connectivity index (χ4v) is 3.36. The van der Waals surface area contributed by atoms with E-state index in [2.05, 4.69) is 71.4 Å². The molecule has 6 nitrogen and oxygen atoms in total. The first-order valence-electron chi connectivity index (χ1n) is 10.6. The van der Waals surface area contributed by atoms with Crippen molar-refractivity contribution in [1.82, 2.24) is 20.4 Å². The number of nitrogens with one attached hydrogen (secondary N) is 2. The molecule has 0 saturated carbocycles. The van der Waals surface area contributed by atoms with Crippen LogP contribution in [0.4, 0.5) is 0 Å². The zero-order valence-electron chi connectivity index (χ0n) is 18.8. The molecule has 1 aromatic carbocycles. The van der Waals surface area contributed by atoms with Gasteiger partial charge < -0.3 is 25.2 Å². The number of ether oxygens (including phenoxy) is 1. The molecular weight excluding hydrogens is 477 g/mol. The number of rotatable bonds is 9. The number of guanidine groups is 1. The summed E-state index contributed by atoms with van der Waals surface area (Å²) in [6.45, 7) is 14.7. The monoisotopic (exact) mass is 517 g/mol. The molecule has 0 spiro atoms. The zero-order valence-corrected chi connectivity index (χ0v) is 21.2. The lowest BCUT2D eigenvalue weighted by Gasteiger charge is -2.34. The third kappa shape index (κ3) is 9.53. The van der Waals surface area contributed by atoms with Crippen molar-refractivity contribution >= 4 is 29.9 Å². The Kier molecular flexibility index (Phi) is 12.6. The molecule has 0 bridgehead atoms. The number of halogens is 1. The summed E-state index contributed by atoms with van der Waals surface area (Å²) in [5.41, 5.74) is 2.38. The summed E-state index contributed by atoms with van der Waals surface area (Å²) < 4.78 is 5.91. The molecule has 166 valence electrons. The van der Waals surface area contributed by atoms with Crippen LogP contribution in [0.25, 0.3) is 0 Å². The van der Waals surface area contributed by atoms with Gasteiger partial charge in [0.25, 0.3) is 0 Å². The fourth-order valence-electron chi connectivity index (χ4n) is 3.36. The Morgan fingerprint density at radius 3 is 2.59 bits per heavy atom. The first-order chi connectivity index (χ1) is 13.5. The number of hydrogen-bond donors (Lipinski definition) is 2. The average Bonchev–Trinajstić information content (AvgIpc) is 2.69. The molecule has 0 aliphatic carbocycles. The van der Waals surface area contributed by atoms with E-state index in [4.69, 9.17) is 4.74 Å². The van der Waals surface area contributed by atoms with E-state index in [1.54, 1.807) is 0 Å². The minimum atomic E-state index is 0. The number of benzene rings is 1. The zero-order chi connectivity index (χ0) is 20.4. The van der Waals surface area contributed by atoms with Crippen molar-refractivity contribution < 1.29 is 4.74 Å². The highest BCUT2D eigenvalue weighted by Gasteiger charge is 2.16. The molecule has 2 rings (SSSR count). The minimum Gasteiger partial charge on any atom is -0.493 e. The van der Waals surface area contributed by atoms with Gasteiger partial charge in [-0.25, -0.2) is 0 Å². The van der Waals surface area contributed by atoms with Crippen molar-refractivity contribution in [1.29, 1.82) is 0 Å². The topological polar surface area (TPSA) is 52.1 Å². The van der Waals surface area contributed by atoms with Gasteiger partial charge in [-0.1, -0.05) is 26.0 Å². The van der Waals surface area contributed by atoms with Gasteiger partial charge in [0, 0.05) is 58.4 Å². The first kappa shape index (κ1) is 26.0. The predicted octanol–water partition coefficient (Wildman–Crippen LogP) is 2.95. The number of likely N-dealkylation sites (N-methyl/N-ethyl adjacent to an activating group) is 1. The Morgan fingerprint density at radius 1 is 1.21 bits per heavy atom. The van der Waals surface area contributed by atoms with Gasteiger partial charge in [0.15, 0.2) is 5.96 Å². The second-order valence-electron chi connectivity index (χ2n) is 7.98. The molecule has 0 aromatic heterocycles. The van der Waals surface area contributed by atoms with E-state index in [-0.39, 0.29) is 24.0 Å². The molecule has 1 unspecified atom stereocenters. The summed E-state index contributed by atoms with van der Waals surface area (Å²) in [6.07, 6.45) is 1.01. The quantitative estimate of drug-likeness (QED) is 0.300. The molecule has 1 aromatic rings. The maximum absolute atomic E-state index is 5.91. The van der Waals surface area contributed by atoms with Crippen LogP contribution in [0.3, 0.4) is 0 Å². The van der Waals surface area contributed by atoms with Gasteiger partial charge in [-0.2, -0.15) is 0 Å². The Morgan fingerprint density at radius 2 is 1.93 bits per heavy atom. The maximum Gasteiger partial charge on any atom is 0.191 e. The van der Waals surface area contributed by atoms with Crippen LogP contribution in [0.1, 0.15) is 31.4 Å². The Labute approximate surface area is 194 Å². The van der Waals surface area contributed by atoms with E-state index in [1.807, 2.05) is 7.05 Å². The van der Waals surface area contributed by atoms with E-state index in [0.717, 1.165) is 43.4 Å². The smallest absolute Gasteiger partial charge is 0.191 e. The van der Waals surface area contributed by atoms with Crippen LogP contribution in [0.5, 0.6) is 5.75 Å². The fraction of sp³-hybridized carbons (Fsp3) is 0.682. The van der Waals surface area contributed by atoms with Gasteiger partial charge in [0.05, 0.1) is 6.61 Å². The van der Waals surface area contributed by atoms with Crippen LogP contribution < -0.4 is 15.4 Å². The van der Waals surface area contributed by atoms with Crippen molar-refractivity contribution in [2.75, 3.05) is 60.0 Å². The lowest BCUT2D eigenvalue weighted by atomic mass is 10.1. The van der Waals surface area contributed by atoms with Crippen molar-refractivity contribution in [3.63, 3.8) is 0 Å². The van der Waals surface area contributed by atoms with E-state index in [0.29, 0.717) is 12.5 Å². The molecule has 1 atom stereocenters. The number of nitrogens with zero attached hydrogens (tertiary/aromatic N) is 3. The van der Waals surface area contributed by atoms with Crippen LogP contribution in [0.15, 0.2) is 23.2 Å². The molecule has 1 aliphatic heterocycles. The van der Waals surface area contributed by atoms with Gasteiger partial charge in [0.2, 0.25) is 0 Å². The maximum atomic E-state index is 5.91.